The zero-order valence-electron chi connectivity index (χ0n) is 8.04. The van der Waals surface area contributed by atoms with Crippen molar-refractivity contribution in [2.45, 2.75) is 13.0 Å². The Labute approximate surface area is 95.1 Å². The van der Waals surface area contributed by atoms with Crippen LogP contribution >= 0.6 is 15.9 Å². The molecule has 0 aliphatic carbocycles. The molecule has 6 heteroatoms. The van der Waals surface area contributed by atoms with Gasteiger partial charge in [0.2, 0.25) is 0 Å². The van der Waals surface area contributed by atoms with E-state index in [1.54, 1.807) is 19.1 Å². The third-order valence-corrected chi connectivity index (χ3v) is 2.51. The van der Waals surface area contributed by atoms with Gasteiger partial charge in [0, 0.05) is 5.69 Å². The molecule has 1 rings (SSSR count). The third kappa shape index (κ3) is 3.09. The number of rotatable bonds is 3. The lowest BCUT2D eigenvalue weighted by Crippen LogP contribution is -2.32. The molecule has 82 valence electrons. The van der Waals surface area contributed by atoms with Crippen molar-refractivity contribution in [3.8, 4) is 0 Å². The fourth-order valence-electron chi connectivity index (χ4n) is 0.996. The molecule has 1 unspecified atom stereocenters. The molecule has 0 saturated heterocycles. The Kier molecular flexibility index (Phi) is 3.90. The number of oxime groups is 1. The monoisotopic (exact) mass is 275 g/mol. The van der Waals surface area contributed by atoms with Crippen LogP contribution in [0, 0.1) is 5.82 Å². The largest absolute Gasteiger partial charge is 0.409 e. The van der Waals surface area contributed by atoms with Crippen molar-refractivity contribution < 1.29 is 9.60 Å². The smallest absolute Gasteiger partial charge is 0.161 e. The van der Waals surface area contributed by atoms with Crippen molar-refractivity contribution in [1.29, 1.82) is 0 Å². The van der Waals surface area contributed by atoms with Gasteiger partial charge in [-0.2, -0.15) is 0 Å². The van der Waals surface area contributed by atoms with Crippen LogP contribution in [0.1, 0.15) is 6.92 Å². The van der Waals surface area contributed by atoms with E-state index in [4.69, 9.17) is 10.9 Å². The van der Waals surface area contributed by atoms with E-state index in [9.17, 15) is 4.39 Å². The van der Waals surface area contributed by atoms with E-state index < -0.39 is 0 Å². The zero-order chi connectivity index (χ0) is 11.4. The Hall–Kier alpha value is -1.30. The van der Waals surface area contributed by atoms with Gasteiger partial charge in [0.15, 0.2) is 5.84 Å². The van der Waals surface area contributed by atoms with Gasteiger partial charge in [0.25, 0.3) is 0 Å². The minimum atomic E-state index is -0.369. The molecule has 0 amide bonds. The first-order valence-electron chi connectivity index (χ1n) is 4.23. The summed E-state index contributed by atoms with van der Waals surface area (Å²) in [5, 5.41) is 14.2. The molecule has 0 spiro atoms. The zero-order valence-corrected chi connectivity index (χ0v) is 9.62. The van der Waals surface area contributed by atoms with Crippen molar-refractivity contribution in [2.75, 3.05) is 5.32 Å². The highest BCUT2D eigenvalue weighted by atomic mass is 79.9. The van der Waals surface area contributed by atoms with E-state index in [2.05, 4.69) is 26.4 Å². The number of nitrogens with two attached hydrogens (primary N) is 1. The number of halogens is 2. The maximum atomic E-state index is 13.1. The molecule has 0 aliphatic rings. The van der Waals surface area contributed by atoms with Crippen molar-refractivity contribution >= 4 is 27.5 Å². The average Bonchev–Trinajstić information content (AvgIpc) is 2.22. The van der Waals surface area contributed by atoms with Crippen LogP contribution in [0.3, 0.4) is 0 Å². The number of hydrogen-bond donors (Lipinski definition) is 3. The molecule has 0 fully saturated rings. The summed E-state index contributed by atoms with van der Waals surface area (Å²) in [4.78, 5) is 0. The molecule has 1 aromatic carbocycles. The summed E-state index contributed by atoms with van der Waals surface area (Å²) in [5.74, 6) is -0.329. The minimum Gasteiger partial charge on any atom is -0.409 e. The molecule has 1 atom stereocenters. The van der Waals surface area contributed by atoms with E-state index in [-0.39, 0.29) is 17.7 Å². The normalized spacial score (nSPS) is 13.7. The van der Waals surface area contributed by atoms with Crippen molar-refractivity contribution in [1.82, 2.24) is 0 Å². The SMILES string of the molecule is CC(Nc1ccc(Br)c(F)c1)C(N)=NO. The summed E-state index contributed by atoms with van der Waals surface area (Å²) in [7, 11) is 0. The van der Waals surface area contributed by atoms with Gasteiger partial charge in [0.05, 0.1) is 10.5 Å². The highest BCUT2D eigenvalue weighted by Crippen LogP contribution is 2.19. The Morgan fingerprint density at radius 2 is 2.33 bits per heavy atom. The third-order valence-electron chi connectivity index (χ3n) is 1.86. The number of hydrogen-bond acceptors (Lipinski definition) is 3. The number of amidine groups is 1. The Balaban J connectivity index is 2.77. The molecule has 1 aromatic rings. The van der Waals surface area contributed by atoms with Gasteiger partial charge in [-0.3, -0.25) is 0 Å². The Bertz CT molecular complexity index is 384. The molecule has 0 aliphatic heterocycles. The van der Waals surface area contributed by atoms with Crippen LogP contribution in [-0.2, 0) is 0 Å². The van der Waals surface area contributed by atoms with Crippen LogP contribution in [0.4, 0.5) is 10.1 Å². The van der Waals surface area contributed by atoms with Gasteiger partial charge < -0.3 is 16.3 Å². The second kappa shape index (κ2) is 4.97. The van der Waals surface area contributed by atoms with E-state index in [0.29, 0.717) is 10.2 Å². The van der Waals surface area contributed by atoms with Crippen LogP contribution in [0.5, 0.6) is 0 Å². The predicted molar refractivity (Wildman–Crippen MR) is 60.6 cm³/mol. The van der Waals surface area contributed by atoms with E-state index >= 15 is 0 Å². The average molecular weight is 276 g/mol. The maximum absolute atomic E-state index is 13.1. The number of nitrogens with zero attached hydrogens (tertiary/aromatic N) is 1. The molecule has 0 radical (unpaired) electrons. The van der Waals surface area contributed by atoms with E-state index in [0.717, 1.165) is 0 Å². The van der Waals surface area contributed by atoms with Crippen LogP contribution < -0.4 is 11.1 Å². The molecule has 0 aromatic heterocycles. The second-order valence-electron chi connectivity index (χ2n) is 3.02. The van der Waals surface area contributed by atoms with Crippen molar-refractivity contribution in [3.05, 3.63) is 28.5 Å². The van der Waals surface area contributed by atoms with Gasteiger partial charge >= 0.3 is 0 Å². The lowest BCUT2D eigenvalue weighted by Gasteiger charge is -2.13. The van der Waals surface area contributed by atoms with Crippen LogP contribution in [0.2, 0.25) is 0 Å². The summed E-state index contributed by atoms with van der Waals surface area (Å²) in [6.07, 6.45) is 0. The fourth-order valence-corrected chi connectivity index (χ4v) is 1.24. The van der Waals surface area contributed by atoms with Crippen LogP contribution in [0.25, 0.3) is 0 Å². The highest BCUT2D eigenvalue weighted by molar-refractivity contribution is 9.10. The lowest BCUT2D eigenvalue weighted by atomic mass is 10.2. The summed E-state index contributed by atoms with van der Waals surface area (Å²) >= 11 is 3.05. The Morgan fingerprint density at radius 1 is 1.67 bits per heavy atom. The minimum absolute atomic E-state index is 0.0401. The predicted octanol–water partition coefficient (Wildman–Crippen LogP) is 2.13. The van der Waals surface area contributed by atoms with Gasteiger partial charge in [-0.25, -0.2) is 4.39 Å². The van der Waals surface area contributed by atoms with Gasteiger partial charge in [-0.1, -0.05) is 5.16 Å². The first kappa shape index (κ1) is 11.8. The number of benzene rings is 1. The maximum Gasteiger partial charge on any atom is 0.161 e. The molecule has 4 N–H and O–H groups in total. The Morgan fingerprint density at radius 3 is 2.87 bits per heavy atom. The topological polar surface area (TPSA) is 70.6 Å². The van der Waals surface area contributed by atoms with E-state index in [1.165, 1.54) is 6.07 Å². The standard InChI is InChI=1S/C9H11BrFN3O/c1-5(9(12)14-15)13-6-2-3-7(10)8(11)4-6/h2-5,13,15H,1H3,(H2,12,14). The molecular weight excluding hydrogens is 265 g/mol. The molecule has 4 nitrogen and oxygen atoms in total. The molecule has 0 bridgehead atoms. The quantitative estimate of drug-likeness (QED) is 0.343. The van der Waals surface area contributed by atoms with Crippen molar-refractivity contribution in [3.63, 3.8) is 0 Å². The highest BCUT2D eigenvalue weighted by Gasteiger charge is 2.08. The molecule has 0 saturated carbocycles. The molecule has 15 heavy (non-hydrogen) atoms. The second-order valence-corrected chi connectivity index (χ2v) is 3.87. The lowest BCUT2D eigenvalue weighted by molar-refractivity contribution is 0.316. The summed E-state index contributed by atoms with van der Waals surface area (Å²) < 4.78 is 13.5. The van der Waals surface area contributed by atoms with Gasteiger partial charge in [-0.15, -0.1) is 0 Å². The van der Waals surface area contributed by atoms with Crippen molar-refractivity contribution in [2.24, 2.45) is 10.9 Å². The fraction of sp³-hybridized carbons (Fsp3) is 0.222. The summed E-state index contributed by atoms with van der Waals surface area (Å²) in [5.41, 5.74) is 5.93. The molecule has 0 heterocycles. The number of nitrogens with one attached hydrogen (secondary N) is 1. The first-order valence-corrected chi connectivity index (χ1v) is 5.03. The van der Waals surface area contributed by atoms with Gasteiger partial charge in [-0.05, 0) is 41.1 Å². The summed E-state index contributed by atoms with van der Waals surface area (Å²) in [6, 6.07) is 4.23. The van der Waals surface area contributed by atoms with E-state index in [1.807, 2.05) is 0 Å². The molecular formula is C9H11BrFN3O. The van der Waals surface area contributed by atoms with Gasteiger partial charge in [0.1, 0.15) is 5.82 Å². The first-order chi connectivity index (χ1) is 7.04. The number of anilines is 1. The van der Waals surface area contributed by atoms with Crippen LogP contribution in [0.15, 0.2) is 27.8 Å². The summed E-state index contributed by atoms with van der Waals surface area (Å²) in [6.45, 7) is 1.70. The van der Waals surface area contributed by atoms with Crippen LogP contribution in [-0.4, -0.2) is 17.1 Å².